The van der Waals surface area contributed by atoms with Crippen LogP contribution in [-0.2, 0) is 18.3 Å². The van der Waals surface area contributed by atoms with Crippen LogP contribution in [0.15, 0.2) is 12.1 Å². The lowest BCUT2D eigenvalue weighted by atomic mass is 10.1. The van der Waals surface area contributed by atoms with Gasteiger partial charge in [0.05, 0.1) is 11.9 Å². The summed E-state index contributed by atoms with van der Waals surface area (Å²) in [6.45, 7) is 3.89. The van der Waals surface area contributed by atoms with E-state index in [0.29, 0.717) is 5.02 Å². The van der Waals surface area contributed by atoms with Crippen LogP contribution in [0.1, 0.15) is 16.8 Å². The van der Waals surface area contributed by atoms with Gasteiger partial charge in [-0.1, -0.05) is 17.7 Å². The van der Waals surface area contributed by atoms with E-state index in [0.717, 1.165) is 27.7 Å². The second-order valence-electron chi connectivity index (χ2n) is 4.26. The molecule has 4 heteroatoms. The van der Waals surface area contributed by atoms with Crippen molar-refractivity contribution in [2.24, 2.45) is 7.05 Å². The van der Waals surface area contributed by atoms with Crippen LogP contribution in [0, 0.1) is 13.8 Å². The van der Waals surface area contributed by atoms with E-state index in [9.17, 15) is 4.79 Å². The fourth-order valence-electron chi connectivity index (χ4n) is 2.29. The highest BCUT2D eigenvalue weighted by Crippen LogP contribution is 2.31. The van der Waals surface area contributed by atoms with Gasteiger partial charge in [-0.05, 0) is 31.0 Å². The van der Waals surface area contributed by atoms with Gasteiger partial charge in [0, 0.05) is 23.2 Å². The Morgan fingerprint density at radius 2 is 2.06 bits per heavy atom. The molecule has 90 valence electrons. The van der Waals surface area contributed by atoms with Crippen LogP contribution in [0.5, 0.6) is 0 Å². The molecule has 1 heterocycles. The molecular weight excluding hydrogens is 238 g/mol. The number of benzene rings is 1. The fourth-order valence-corrected chi connectivity index (χ4v) is 2.44. The van der Waals surface area contributed by atoms with Crippen molar-refractivity contribution in [3.05, 3.63) is 34.0 Å². The van der Waals surface area contributed by atoms with Crippen LogP contribution in [0.2, 0.25) is 5.02 Å². The van der Waals surface area contributed by atoms with Gasteiger partial charge in [-0.2, -0.15) is 0 Å². The van der Waals surface area contributed by atoms with Crippen molar-refractivity contribution in [3.63, 3.8) is 0 Å². The van der Waals surface area contributed by atoms with Gasteiger partial charge in [0.25, 0.3) is 0 Å². The number of aromatic nitrogens is 1. The monoisotopic (exact) mass is 251 g/mol. The number of hydrogen-bond donors (Lipinski definition) is 1. The quantitative estimate of drug-likeness (QED) is 0.891. The summed E-state index contributed by atoms with van der Waals surface area (Å²) < 4.78 is 2.01. The number of halogens is 1. The maximum absolute atomic E-state index is 10.9. The van der Waals surface area contributed by atoms with Crippen LogP contribution in [0.4, 0.5) is 0 Å². The minimum atomic E-state index is -0.812. The Balaban J connectivity index is 2.82. The minimum Gasteiger partial charge on any atom is -0.481 e. The highest BCUT2D eigenvalue weighted by atomic mass is 35.5. The lowest BCUT2D eigenvalue weighted by molar-refractivity contribution is -0.136. The molecule has 0 saturated carbocycles. The highest BCUT2D eigenvalue weighted by molar-refractivity contribution is 6.32. The van der Waals surface area contributed by atoms with Crippen LogP contribution in [0.25, 0.3) is 10.9 Å². The van der Waals surface area contributed by atoms with Gasteiger partial charge >= 0.3 is 5.97 Å². The molecule has 0 unspecified atom stereocenters. The maximum atomic E-state index is 10.9. The molecule has 0 fully saturated rings. The standard InChI is InChI=1S/C13H14ClNO2/c1-7-11(14)5-4-9-10(6-12(16)17)8(2)15(3)13(7)9/h4-5H,6H2,1-3H3,(H,16,17). The van der Waals surface area contributed by atoms with Crippen molar-refractivity contribution in [1.82, 2.24) is 4.57 Å². The Bertz CT molecular complexity index is 614. The Labute approximate surface area is 105 Å². The molecule has 3 nitrogen and oxygen atoms in total. The average Bonchev–Trinajstić information content (AvgIpc) is 2.49. The number of hydrogen-bond acceptors (Lipinski definition) is 1. The van der Waals surface area contributed by atoms with E-state index in [1.165, 1.54) is 0 Å². The van der Waals surface area contributed by atoms with E-state index in [-0.39, 0.29) is 6.42 Å². The number of carbonyl (C=O) groups is 1. The third-order valence-corrected chi connectivity index (χ3v) is 3.70. The molecule has 17 heavy (non-hydrogen) atoms. The Kier molecular flexibility index (Phi) is 2.87. The van der Waals surface area contributed by atoms with Gasteiger partial charge in [0.15, 0.2) is 0 Å². The summed E-state index contributed by atoms with van der Waals surface area (Å²) in [6.07, 6.45) is 0.0459. The largest absolute Gasteiger partial charge is 0.481 e. The number of aliphatic carboxylic acids is 1. The minimum absolute atomic E-state index is 0.0459. The predicted molar refractivity (Wildman–Crippen MR) is 68.7 cm³/mol. The zero-order valence-electron chi connectivity index (χ0n) is 10.0. The number of nitrogens with zero attached hydrogens (tertiary/aromatic N) is 1. The van der Waals surface area contributed by atoms with E-state index < -0.39 is 5.97 Å². The topological polar surface area (TPSA) is 42.2 Å². The lowest BCUT2D eigenvalue weighted by Crippen LogP contribution is -2.01. The number of carboxylic acid groups (broad SMARTS) is 1. The fraction of sp³-hybridized carbons (Fsp3) is 0.308. The van der Waals surface area contributed by atoms with Crippen molar-refractivity contribution in [2.75, 3.05) is 0 Å². The smallest absolute Gasteiger partial charge is 0.307 e. The molecule has 0 saturated heterocycles. The van der Waals surface area contributed by atoms with Gasteiger partial charge in [0.2, 0.25) is 0 Å². The summed E-state index contributed by atoms with van der Waals surface area (Å²) >= 11 is 6.10. The van der Waals surface area contributed by atoms with Crippen LogP contribution < -0.4 is 0 Å². The van der Waals surface area contributed by atoms with E-state index in [2.05, 4.69) is 0 Å². The van der Waals surface area contributed by atoms with Crippen LogP contribution in [-0.4, -0.2) is 15.6 Å². The maximum Gasteiger partial charge on any atom is 0.307 e. The predicted octanol–water partition coefficient (Wildman–Crippen LogP) is 3.08. The number of fused-ring (bicyclic) bond motifs is 1. The second kappa shape index (κ2) is 4.08. The lowest BCUT2D eigenvalue weighted by Gasteiger charge is -2.03. The molecule has 2 rings (SSSR count). The van der Waals surface area contributed by atoms with Gasteiger partial charge in [-0.25, -0.2) is 0 Å². The van der Waals surface area contributed by atoms with Crippen molar-refractivity contribution in [3.8, 4) is 0 Å². The Morgan fingerprint density at radius 1 is 1.41 bits per heavy atom. The summed E-state index contributed by atoms with van der Waals surface area (Å²) in [5.74, 6) is -0.812. The number of rotatable bonds is 2. The van der Waals surface area contributed by atoms with Gasteiger partial charge in [0.1, 0.15) is 0 Å². The molecule has 1 N–H and O–H groups in total. The molecular formula is C13H14ClNO2. The molecule has 0 aliphatic carbocycles. The molecule has 1 aromatic heterocycles. The molecule has 1 aromatic carbocycles. The third-order valence-electron chi connectivity index (χ3n) is 3.29. The first kappa shape index (κ1) is 12.0. The zero-order valence-corrected chi connectivity index (χ0v) is 10.8. The summed E-state index contributed by atoms with van der Waals surface area (Å²) in [5.41, 5.74) is 3.86. The molecule has 0 aliphatic rings. The average molecular weight is 252 g/mol. The molecule has 0 aliphatic heterocycles. The van der Waals surface area contributed by atoms with Crippen molar-refractivity contribution in [2.45, 2.75) is 20.3 Å². The summed E-state index contributed by atoms with van der Waals surface area (Å²) in [6, 6.07) is 3.72. The first-order valence-electron chi connectivity index (χ1n) is 5.38. The number of aryl methyl sites for hydroxylation is 2. The van der Waals surface area contributed by atoms with E-state index >= 15 is 0 Å². The molecule has 0 radical (unpaired) electrons. The highest BCUT2D eigenvalue weighted by Gasteiger charge is 2.16. The van der Waals surface area contributed by atoms with Crippen molar-refractivity contribution < 1.29 is 9.90 Å². The van der Waals surface area contributed by atoms with Crippen LogP contribution in [0.3, 0.4) is 0 Å². The molecule has 0 atom stereocenters. The van der Waals surface area contributed by atoms with Crippen LogP contribution >= 0.6 is 11.6 Å². The van der Waals surface area contributed by atoms with Gasteiger partial charge in [-0.15, -0.1) is 0 Å². The Morgan fingerprint density at radius 3 is 2.65 bits per heavy atom. The third kappa shape index (κ3) is 1.80. The summed E-state index contributed by atoms with van der Waals surface area (Å²) in [7, 11) is 1.94. The van der Waals surface area contributed by atoms with Crippen molar-refractivity contribution >= 4 is 28.5 Å². The van der Waals surface area contributed by atoms with Crippen molar-refractivity contribution in [1.29, 1.82) is 0 Å². The van der Waals surface area contributed by atoms with Gasteiger partial charge in [-0.3, -0.25) is 4.79 Å². The number of carboxylic acids is 1. The summed E-state index contributed by atoms with van der Waals surface area (Å²) in [4.78, 5) is 10.9. The molecule has 0 spiro atoms. The van der Waals surface area contributed by atoms with Gasteiger partial charge < -0.3 is 9.67 Å². The molecule has 0 amide bonds. The summed E-state index contributed by atoms with van der Waals surface area (Å²) in [5, 5.41) is 10.6. The zero-order chi connectivity index (χ0) is 12.7. The first-order chi connectivity index (χ1) is 7.93. The normalized spacial score (nSPS) is 11.1. The first-order valence-corrected chi connectivity index (χ1v) is 5.76. The van der Waals surface area contributed by atoms with E-state index in [4.69, 9.17) is 16.7 Å². The molecule has 2 aromatic rings. The van der Waals surface area contributed by atoms with E-state index in [1.54, 1.807) is 0 Å². The second-order valence-corrected chi connectivity index (χ2v) is 4.67. The van der Waals surface area contributed by atoms with E-state index in [1.807, 2.05) is 37.6 Å². The molecule has 0 bridgehead atoms. The Hall–Kier alpha value is -1.48. The SMILES string of the molecule is Cc1c(Cl)ccc2c(CC(=O)O)c(C)n(C)c12.